The van der Waals surface area contributed by atoms with Crippen LogP contribution in [0, 0.1) is 5.82 Å². The summed E-state index contributed by atoms with van der Waals surface area (Å²) in [5, 5.41) is 14.7. The van der Waals surface area contributed by atoms with Crippen LogP contribution in [-0.2, 0) is 11.3 Å². The Hall–Kier alpha value is -4.27. The molecule has 8 nitrogen and oxygen atoms in total. The van der Waals surface area contributed by atoms with Crippen LogP contribution in [0.25, 0.3) is 11.1 Å². The highest BCUT2D eigenvalue weighted by atomic mass is 19.1. The van der Waals surface area contributed by atoms with Gasteiger partial charge in [0.25, 0.3) is 5.91 Å². The number of fused-ring (bicyclic) bond motifs is 1. The molecule has 4 rings (SSSR count). The third-order valence-electron chi connectivity index (χ3n) is 5.26. The lowest BCUT2D eigenvalue weighted by Gasteiger charge is -2.25. The van der Waals surface area contributed by atoms with Gasteiger partial charge in [0.2, 0.25) is 12.3 Å². The summed E-state index contributed by atoms with van der Waals surface area (Å²) in [6.45, 7) is 0.391. The Morgan fingerprint density at radius 1 is 1.19 bits per heavy atom. The minimum Gasteiger partial charge on any atom is -0.493 e. The fraction of sp³-hybridized carbons (Fsp3) is 0.130. The fourth-order valence-electron chi connectivity index (χ4n) is 3.71. The second kappa shape index (κ2) is 8.84. The number of nitrogens with zero attached hydrogens (tertiary/aromatic N) is 2. The Labute approximate surface area is 182 Å². The van der Waals surface area contributed by atoms with Crippen molar-refractivity contribution in [2.24, 2.45) is 0 Å². The zero-order chi connectivity index (χ0) is 22.7. The summed E-state index contributed by atoms with van der Waals surface area (Å²) in [6, 6.07) is 13.2. The summed E-state index contributed by atoms with van der Waals surface area (Å²) in [5.74, 6) is -0.930. The number of imide groups is 1. The van der Waals surface area contributed by atoms with E-state index in [1.807, 2.05) is 5.32 Å². The van der Waals surface area contributed by atoms with Crippen LogP contribution < -0.4 is 10.6 Å². The van der Waals surface area contributed by atoms with E-state index in [0.29, 0.717) is 22.3 Å². The standard InChI is InChI=1S/C23H19FN4O4/c24-17-8-7-16-11-28(22(31)19(16)10-17)12-20(27-23(32)26-13-29)15-5-3-14(4-6-15)18-2-1-9-25-21(18)30/h1-10,13,20H,11-12H2,(H,25,30)(H2,26,27,29,32)/t20-/m0/s1. The number of urea groups is 1. The molecule has 0 aliphatic carbocycles. The Balaban J connectivity index is 1.58. The van der Waals surface area contributed by atoms with Gasteiger partial charge in [-0.25, -0.2) is 14.2 Å². The van der Waals surface area contributed by atoms with Crippen LogP contribution in [0.4, 0.5) is 9.18 Å². The van der Waals surface area contributed by atoms with Gasteiger partial charge in [-0.1, -0.05) is 30.3 Å². The molecule has 162 valence electrons. The number of aromatic nitrogens is 1. The first-order valence-electron chi connectivity index (χ1n) is 9.79. The summed E-state index contributed by atoms with van der Waals surface area (Å²) in [6.07, 6.45) is 1.75. The number of hydrogen-bond acceptors (Lipinski definition) is 5. The predicted octanol–water partition coefficient (Wildman–Crippen LogP) is 2.75. The number of halogens is 1. The molecule has 1 aliphatic rings. The predicted molar refractivity (Wildman–Crippen MR) is 113 cm³/mol. The number of hydrogen-bond donors (Lipinski definition) is 3. The largest absolute Gasteiger partial charge is 0.493 e. The molecule has 0 saturated heterocycles. The number of rotatable bonds is 6. The average molecular weight is 434 g/mol. The van der Waals surface area contributed by atoms with Gasteiger partial charge >= 0.3 is 6.03 Å². The summed E-state index contributed by atoms with van der Waals surface area (Å²) >= 11 is 0. The second-order valence-corrected chi connectivity index (χ2v) is 7.27. The van der Waals surface area contributed by atoms with Gasteiger partial charge in [0, 0.05) is 30.4 Å². The number of nitrogens with one attached hydrogen (secondary N) is 2. The lowest BCUT2D eigenvalue weighted by Crippen LogP contribution is -2.42. The van der Waals surface area contributed by atoms with E-state index in [1.165, 1.54) is 23.2 Å². The topological polar surface area (TPSA) is 112 Å². The molecule has 3 aromatic rings. The molecule has 9 heteroatoms. The van der Waals surface area contributed by atoms with Crippen molar-refractivity contribution in [3.63, 3.8) is 0 Å². The molecular formula is C23H19FN4O4. The minimum atomic E-state index is -0.714. The van der Waals surface area contributed by atoms with Crippen molar-refractivity contribution in [2.75, 3.05) is 6.54 Å². The normalized spacial score (nSPS) is 13.4. The molecule has 0 fully saturated rings. The van der Waals surface area contributed by atoms with Crippen LogP contribution in [0.3, 0.4) is 0 Å². The second-order valence-electron chi connectivity index (χ2n) is 7.27. The smallest absolute Gasteiger partial charge is 0.321 e. The van der Waals surface area contributed by atoms with Crippen molar-refractivity contribution in [1.29, 1.82) is 0 Å². The van der Waals surface area contributed by atoms with Gasteiger partial charge in [-0.15, -0.1) is 0 Å². The molecule has 3 N–H and O–H groups in total. The first kappa shape index (κ1) is 21.0. The van der Waals surface area contributed by atoms with E-state index in [0.717, 1.165) is 5.56 Å². The van der Waals surface area contributed by atoms with Crippen LogP contribution in [0.1, 0.15) is 27.5 Å². The molecule has 0 bridgehead atoms. The highest BCUT2D eigenvalue weighted by Gasteiger charge is 2.30. The number of carbonyl (C=O) groups excluding carboxylic acids is 3. The Morgan fingerprint density at radius 3 is 2.69 bits per heavy atom. The maximum atomic E-state index is 13.6. The van der Waals surface area contributed by atoms with Crippen molar-refractivity contribution in [3.8, 4) is 17.0 Å². The molecule has 1 aromatic heterocycles. The summed E-state index contributed by atoms with van der Waals surface area (Å²) < 4.78 is 13.6. The van der Waals surface area contributed by atoms with Crippen molar-refractivity contribution < 1.29 is 23.9 Å². The van der Waals surface area contributed by atoms with Gasteiger partial charge in [-0.3, -0.25) is 14.9 Å². The molecular weight excluding hydrogens is 415 g/mol. The summed E-state index contributed by atoms with van der Waals surface area (Å²) in [7, 11) is 0. The number of pyridine rings is 1. The molecule has 32 heavy (non-hydrogen) atoms. The molecule has 2 aromatic carbocycles. The van der Waals surface area contributed by atoms with Crippen molar-refractivity contribution >= 4 is 18.3 Å². The van der Waals surface area contributed by atoms with Gasteiger partial charge in [-0.05, 0) is 41.0 Å². The molecule has 1 atom stereocenters. The summed E-state index contributed by atoms with van der Waals surface area (Å²) in [4.78, 5) is 40.8. The van der Waals surface area contributed by atoms with Crippen molar-refractivity contribution in [1.82, 2.24) is 20.5 Å². The van der Waals surface area contributed by atoms with Gasteiger partial charge in [0.05, 0.1) is 6.04 Å². The number of carbonyl (C=O) groups is 3. The Kier molecular flexibility index (Phi) is 5.80. The highest BCUT2D eigenvalue weighted by Crippen LogP contribution is 2.29. The quantitative estimate of drug-likeness (QED) is 0.517. The van der Waals surface area contributed by atoms with E-state index in [-0.39, 0.29) is 31.3 Å². The van der Waals surface area contributed by atoms with E-state index in [2.05, 4.69) is 10.3 Å². The van der Waals surface area contributed by atoms with Crippen LogP contribution in [0.5, 0.6) is 5.88 Å². The summed E-state index contributed by atoms with van der Waals surface area (Å²) in [5.41, 5.74) is 2.94. The van der Waals surface area contributed by atoms with Crippen molar-refractivity contribution in [2.45, 2.75) is 12.6 Å². The Bertz CT molecular complexity index is 1180. The van der Waals surface area contributed by atoms with E-state index >= 15 is 0 Å². The molecule has 0 saturated carbocycles. The van der Waals surface area contributed by atoms with E-state index in [4.69, 9.17) is 0 Å². The van der Waals surface area contributed by atoms with Crippen LogP contribution in [0.15, 0.2) is 60.8 Å². The molecule has 2 heterocycles. The third kappa shape index (κ3) is 4.27. The van der Waals surface area contributed by atoms with Crippen LogP contribution >= 0.6 is 0 Å². The average Bonchev–Trinajstić information content (AvgIpc) is 3.09. The molecule has 1 aliphatic heterocycles. The van der Waals surface area contributed by atoms with Gasteiger partial charge in [0.15, 0.2) is 0 Å². The lowest BCUT2D eigenvalue weighted by molar-refractivity contribution is -0.108. The van der Waals surface area contributed by atoms with E-state index in [1.54, 1.807) is 42.5 Å². The monoisotopic (exact) mass is 434 g/mol. The van der Waals surface area contributed by atoms with Gasteiger partial charge < -0.3 is 15.3 Å². The zero-order valence-corrected chi connectivity index (χ0v) is 16.8. The Morgan fingerprint density at radius 2 is 1.97 bits per heavy atom. The van der Waals surface area contributed by atoms with E-state index < -0.39 is 17.9 Å². The number of amides is 4. The first-order chi connectivity index (χ1) is 15.5. The minimum absolute atomic E-state index is 0.104. The maximum Gasteiger partial charge on any atom is 0.321 e. The molecule has 0 radical (unpaired) electrons. The first-order valence-corrected chi connectivity index (χ1v) is 9.79. The molecule has 0 unspecified atom stereocenters. The van der Waals surface area contributed by atoms with E-state index in [9.17, 15) is 23.9 Å². The third-order valence-corrected chi connectivity index (χ3v) is 5.26. The number of benzene rings is 2. The van der Waals surface area contributed by atoms with Gasteiger partial charge in [0.1, 0.15) is 5.82 Å². The van der Waals surface area contributed by atoms with Crippen molar-refractivity contribution in [3.05, 3.63) is 83.3 Å². The molecule has 0 spiro atoms. The SMILES string of the molecule is O=CNC(=O)N[C@@H](CN1Cc2ccc(F)cc2C1=O)c1ccc(-c2cccnc2O)cc1. The highest BCUT2D eigenvalue weighted by molar-refractivity contribution is 5.98. The van der Waals surface area contributed by atoms with Crippen LogP contribution in [-0.4, -0.2) is 39.9 Å². The van der Waals surface area contributed by atoms with Crippen LogP contribution in [0.2, 0.25) is 0 Å². The van der Waals surface area contributed by atoms with Gasteiger partial charge in [-0.2, -0.15) is 0 Å². The molecule has 4 amide bonds. The maximum absolute atomic E-state index is 13.6. The lowest BCUT2D eigenvalue weighted by atomic mass is 10.0. The zero-order valence-electron chi connectivity index (χ0n) is 16.8. The number of aromatic hydroxyl groups is 1. The fourth-order valence-corrected chi connectivity index (χ4v) is 3.71.